The number of hydrogen-bond donors (Lipinski definition) is 0. The van der Waals surface area contributed by atoms with Gasteiger partial charge in [-0.2, -0.15) is 5.10 Å². The van der Waals surface area contributed by atoms with E-state index in [9.17, 15) is 0 Å². The second-order valence-corrected chi connectivity index (χ2v) is 4.31. The Balaban J connectivity index is 2.52. The summed E-state index contributed by atoms with van der Waals surface area (Å²) in [5.74, 6) is 0. The number of aryl methyl sites for hydroxylation is 2. The van der Waals surface area contributed by atoms with Crippen molar-refractivity contribution in [2.75, 3.05) is 0 Å². The first-order chi connectivity index (χ1) is 7.22. The Morgan fingerprint density at radius 3 is 2.93 bits per heavy atom. The van der Waals surface area contributed by atoms with Gasteiger partial charge in [0.1, 0.15) is 0 Å². The van der Waals surface area contributed by atoms with E-state index in [1.54, 1.807) is 0 Å². The maximum Gasteiger partial charge on any atom is 0.0696 e. The molecule has 0 atom stereocenters. The standard InChI is InChI=1S/C12H15ClN2/c1-3-4-5-9-6-10(13)7-12-11(9)8-14-15(12)2/h6-8H,3-5H2,1-2H3. The Morgan fingerprint density at radius 2 is 2.20 bits per heavy atom. The monoisotopic (exact) mass is 222 g/mol. The molecule has 0 aliphatic carbocycles. The molecule has 0 unspecified atom stereocenters. The highest BCUT2D eigenvalue weighted by Gasteiger charge is 2.06. The molecule has 0 saturated carbocycles. The van der Waals surface area contributed by atoms with Gasteiger partial charge in [-0.3, -0.25) is 4.68 Å². The highest BCUT2D eigenvalue weighted by Crippen LogP contribution is 2.24. The maximum atomic E-state index is 6.09. The summed E-state index contributed by atoms with van der Waals surface area (Å²) in [5.41, 5.74) is 2.43. The average Bonchev–Trinajstić information content (AvgIpc) is 2.57. The Morgan fingerprint density at radius 1 is 1.40 bits per heavy atom. The molecule has 0 amide bonds. The molecule has 2 rings (SSSR count). The smallest absolute Gasteiger partial charge is 0.0696 e. The third kappa shape index (κ3) is 2.00. The van der Waals surface area contributed by atoms with Gasteiger partial charge < -0.3 is 0 Å². The number of rotatable bonds is 3. The molecule has 1 heterocycles. The fourth-order valence-electron chi connectivity index (χ4n) is 1.86. The molecule has 0 fully saturated rings. The second-order valence-electron chi connectivity index (χ2n) is 3.87. The van der Waals surface area contributed by atoms with Crippen molar-refractivity contribution in [1.29, 1.82) is 0 Å². The Bertz CT molecular complexity index is 474. The topological polar surface area (TPSA) is 17.8 Å². The van der Waals surface area contributed by atoms with Crippen molar-refractivity contribution in [1.82, 2.24) is 9.78 Å². The van der Waals surface area contributed by atoms with Crippen LogP contribution in [-0.2, 0) is 13.5 Å². The number of fused-ring (bicyclic) bond motifs is 1. The minimum atomic E-state index is 0.803. The lowest BCUT2D eigenvalue weighted by Gasteiger charge is -2.03. The highest BCUT2D eigenvalue weighted by molar-refractivity contribution is 6.31. The first kappa shape index (κ1) is 10.5. The third-order valence-corrected chi connectivity index (χ3v) is 2.94. The number of hydrogen-bond acceptors (Lipinski definition) is 1. The van der Waals surface area contributed by atoms with E-state index in [-0.39, 0.29) is 0 Å². The Hall–Kier alpha value is -1.02. The molecule has 0 spiro atoms. The second kappa shape index (κ2) is 4.23. The van der Waals surface area contributed by atoms with Crippen LogP contribution in [0.3, 0.4) is 0 Å². The fraction of sp³-hybridized carbons (Fsp3) is 0.417. The van der Waals surface area contributed by atoms with E-state index in [1.165, 1.54) is 23.8 Å². The van der Waals surface area contributed by atoms with Gasteiger partial charge in [-0.15, -0.1) is 0 Å². The quantitative estimate of drug-likeness (QED) is 0.777. The molecule has 2 aromatic rings. The predicted molar refractivity (Wildman–Crippen MR) is 64.3 cm³/mol. The third-order valence-electron chi connectivity index (χ3n) is 2.72. The van der Waals surface area contributed by atoms with Crippen LogP contribution >= 0.6 is 11.6 Å². The van der Waals surface area contributed by atoms with Gasteiger partial charge in [-0.1, -0.05) is 24.9 Å². The summed E-state index contributed by atoms with van der Waals surface area (Å²) in [6.07, 6.45) is 5.41. The van der Waals surface area contributed by atoms with E-state index in [0.717, 1.165) is 17.0 Å². The Labute approximate surface area is 94.8 Å². The number of halogens is 1. The van der Waals surface area contributed by atoms with E-state index in [4.69, 9.17) is 11.6 Å². The first-order valence-corrected chi connectivity index (χ1v) is 5.70. The number of unbranched alkanes of at least 4 members (excludes halogenated alkanes) is 1. The van der Waals surface area contributed by atoms with Gasteiger partial charge in [0.25, 0.3) is 0 Å². The minimum Gasteiger partial charge on any atom is -0.268 e. The van der Waals surface area contributed by atoms with E-state index in [2.05, 4.69) is 18.1 Å². The van der Waals surface area contributed by atoms with Crippen LogP contribution in [0.25, 0.3) is 10.9 Å². The maximum absolute atomic E-state index is 6.09. The summed E-state index contributed by atoms with van der Waals surface area (Å²) in [7, 11) is 1.95. The van der Waals surface area contributed by atoms with Crippen LogP contribution in [-0.4, -0.2) is 9.78 Å². The molecule has 3 heteroatoms. The van der Waals surface area contributed by atoms with Crippen molar-refractivity contribution >= 4 is 22.5 Å². The average molecular weight is 223 g/mol. The summed E-state index contributed by atoms with van der Waals surface area (Å²) >= 11 is 6.09. The molecule has 1 aromatic heterocycles. The van der Waals surface area contributed by atoms with Crippen LogP contribution < -0.4 is 0 Å². The molecular weight excluding hydrogens is 208 g/mol. The number of nitrogens with zero attached hydrogens (tertiary/aromatic N) is 2. The van der Waals surface area contributed by atoms with Crippen LogP contribution in [0.2, 0.25) is 5.02 Å². The normalized spacial score (nSPS) is 11.1. The molecule has 0 aliphatic heterocycles. The number of aromatic nitrogens is 2. The van der Waals surface area contributed by atoms with Crippen molar-refractivity contribution in [3.63, 3.8) is 0 Å². The van der Waals surface area contributed by atoms with Crippen LogP contribution in [0.1, 0.15) is 25.3 Å². The zero-order chi connectivity index (χ0) is 10.8. The largest absolute Gasteiger partial charge is 0.268 e. The lowest BCUT2D eigenvalue weighted by molar-refractivity contribution is 0.796. The van der Waals surface area contributed by atoms with Crippen LogP contribution in [0.4, 0.5) is 0 Å². The van der Waals surface area contributed by atoms with Crippen LogP contribution in [0.5, 0.6) is 0 Å². The van der Waals surface area contributed by atoms with Crippen molar-refractivity contribution in [3.8, 4) is 0 Å². The first-order valence-electron chi connectivity index (χ1n) is 5.32. The summed E-state index contributed by atoms with van der Waals surface area (Å²) in [6.45, 7) is 2.20. The lowest BCUT2D eigenvalue weighted by Crippen LogP contribution is -1.90. The minimum absolute atomic E-state index is 0.803. The molecule has 0 bridgehead atoms. The Kier molecular flexibility index (Phi) is 2.96. The zero-order valence-corrected chi connectivity index (χ0v) is 9.88. The van der Waals surface area contributed by atoms with Gasteiger partial charge in [-0.25, -0.2) is 0 Å². The fourth-order valence-corrected chi connectivity index (χ4v) is 2.09. The number of benzene rings is 1. The zero-order valence-electron chi connectivity index (χ0n) is 9.13. The van der Waals surface area contributed by atoms with Gasteiger partial charge in [0.15, 0.2) is 0 Å². The predicted octanol–water partition coefficient (Wildman–Crippen LogP) is 3.57. The van der Waals surface area contributed by atoms with Crippen LogP contribution in [0.15, 0.2) is 18.3 Å². The molecule has 80 valence electrons. The molecule has 0 saturated heterocycles. The van der Waals surface area contributed by atoms with Crippen molar-refractivity contribution < 1.29 is 0 Å². The molecule has 0 N–H and O–H groups in total. The van der Waals surface area contributed by atoms with Gasteiger partial charge in [-0.05, 0) is 30.5 Å². The van der Waals surface area contributed by atoms with Crippen LogP contribution in [0, 0.1) is 0 Å². The molecule has 0 radical (unpaired) electrons. The summed E-state index contributed by atoms with van der Waals surface area (Å²) in [4.78, 5) is 0. The molecule has 0 aliphatic rings. The van der Waals surface area contributed by atoms with Gasteiger partial charge >= 0.3 is 0 Å². The van der Waals surface area contributed by atoms with Gasteiger partial charge in [0.05, 0.1) is 11.7 Å². The summed E-state index contributed by atoms with van der Waals surface area (Å²) in [5, 5.41) is 6.30. The summed E-state index contributed by atoms with van der Waals surface area (Å²) in [6, 6.07) is 4.03. The molecular formula is C12H15ClN2. The van der Waals surface area contributed by atoms with E-state index in [0.29, 0.717) is 0 Å². The molecule has 15 heavy (non-hydrogen) atoms. The van der Waals surface area contributed by atoms with Gasteiger partial charge in [0.2, 0.25) is 0 Å². The van der Waals surface area contributed by atoms with Crippen molar-refractivity contribution in [2.45, 2.75) is 26.2 Å². The molecule has 2 nitrogen and oxygen atoms in total. The highest BCUT2D eigenvalue weighted by atomic mass is 35.5. The van der Waals surface area contributed by atoms with Crippen molar-refractivity contribution in [3.05, 3.63) is 28.9 Å². The molecule has 1 aromatic carbocycles. The van der Waals surface area contributed by atoms with E-state index in [1.807, 2.05) is 24.0 Å². The summed E-state index contributed by atoms with van der Waals surface area (Å²) < 4.78 is 1.87. The SMILES string of the molecule is CCCCc1cc(Cl)cc2c1cnn2C. The van der Waals surface area contributed by atoms with Gasteiger partial charge in [0, 0.05) is 17.5 Å². The lowest BCUT2D eigenvalue weighted by atomic mass is 10.0. The van der Waals surface area contributed by atoms with E-state index < -0.39 is 0 Å². The van der Waals surface area contributed by atoms with Crippen molar-refractivity contribution in [2.24, 2.45) is 7.05 Å². The van der Waals surface area contributed by atoms with E-state index >= 15 is 0 Å².